The Morgan fingerprint density at radius 2 is 1.90 bits per heavy atom. The van der Waals surface area contributed by atoms with E-state index in [1.807, 2.05) is 0 Å². The van der Waals surface area contributed by atoms with E-state index in [-0.39, 0.29) is 5.91 Å². The van der Waals surface area contributed by atoms with E-state index in [4.69, 9.17) is 0 Å². The minimum absolute atomic E-state index is 0.124. The third kappa shape index (κ3) is 4.64. The number of benzene rings is 1. The minimum atomic E-state index is 0.124. The van der Waals surface area contributed by atoms with Gasteiger partial charge in [0.15, 0.2) is 0 Å². The summed E-state index contributed by atoms with van der Waals surface area (Å²) in [6, 6.07) is 6.54. The number of hydrogen-bond acceptors (Lipinski definition) is 2. The van der Waals surface area contributed by atoms with E-state index in [0.717, 1.165) is 25.1 Å². The highest BCUT2D eigenvalue weighted by molar-refractivity contribution is 5.78. The van der Waals surface area contributed by atoms with Gasteiger partial charge in [-0.05, 0) is 55.3 Å². The van der Waals surface area contributed by atoms with Crippen molar-refractivity contribution < 1.29 is 4.79 Å². The highest BCUT2D eigenvalue weighted by Crippen LogP contribution is 2.22. The van der Waals surface area contributed by atoms with Crippen LogP contribution in [0.4, 0.5) is 0 Å². The molecule has 1 aliphatic rings. The molecule has 0 atom stereocenters. The van der Waals surface area contributed by atoms with Crippen molar-refractivity contribution in [1.29, 1.82) is 0 Å². The van der Waals surface area contributed by atoms with Gasteiger partial charge in [0.05, 0.1) is 6.42 Å². The molecule has 0 radical (unpaired) electrons. The van der Waals surface area contributed by atoms with Crippen LogP contribution in [0.15, 0.2) is 18.2 Å². The van der Waals surface area contributed by atoms with Crippen LogP contribution in [-0.2, 0) is 24.1 Å². The maximum atomic E-state index is 11.9. The molecule has 0 bridgehead atoms. The fourth-order valence-corrected chi connectivity index (χ4v) is 2.74. The number of aryl methyl sites for hydroxylation is 2. The summed E-state index contributed by atoms with van der Waals surface area (Å²) >= 11 is 0. The van der Waals surface area contributed by atoms with E-state index >= 15 is 0 Å². The molecule has 0 aromatic heterocycles. The van der Waals surface area contributed by atoms with Gasteiger partial charge in [0, 0.05) is 13.1 Å². The lowest BCUT2D eigenvalue weighted by Gasteiger charge is -2.16. The zero-order valence-electron chi connectivity index (χ0n) is 12.5. The molecule has 2 N–H and O–H groups in total. The lowest BCUT2D eigenvalue weighted by atomic mass is 9.90. The molecule has 110 valence electrons. The summed E-state index contributed by atoms with van der Waals surface area (Å²) in [7, 11) is 0. The number of carbonyl (C=O) groups excluding carboxylic acids is 1. The van der Waals surface area contributed by atoms with Crippen LogP contribution in [0, 0.1) is 0 Å². The molecule has 0 spiro atoms. The van der Waals surface area contributed by atoms with Crippen LogP contribution in [0.3, 0.4) is 0 Å². The Kier molecular flexibility index (Phi) is 6.06. The third-order valence-electron chi connectivity index (χ3n) is 3.83. The molecule has 0 fully saturated rings. The first-order chi connectivity index (χ1) is 9.79. The van der Waals surface area contributed by atoms with E-state index in [9.17, 15) is 4.79 Å². The molecule has 0 unspecified atom stereocenters. The topological polar surface area (TPSA) is 41.1 Å². The van der Waals surface area contributed by atoms with Gasteiger partial charge < -0.3 is 10.6 Å². The molecule has 0 heterocycles. The van der Waals surface area contributed by atoms with Gasteiger partial charge in [0.2, 0.25) is 5.91 Å². The van der Waals surface area contributed by atoms with Crippen LogP contribution in [0.5, 0.6) is 0 Å². The largest absolute Gasteiger partial charge is 0.355 e. The number of rotatable bonds is 7. The van der Waals surface area contributed by atoms with Crippen LogP contribution in [0.1, 0.15) is 42.9 Å². The van der Waals surface area contributed by atoms with Gasteiger partial charge in [0.1, 0.15) is 0 Å². The summed E-state index contributed by atoms with van der Waals surface area (Å²) in [6.45, 7) is 4.72. The average Bonchev–Trinajstić information content (AvgIpc) is 2.47. The molecule has 0 aliphatic heterocycles. The molecule has 1 aromatic rings. The number of nitrogens with one attached hydrogen (secondary N) is 2. The summed E-state index contributed by atoms with van der Waals surface area (Å²) in [5.74, 6) is 0.124. The molecule has 0 saturated heterocycles. The SMILES string of the molecule is CCCNCCNC(=O)Cc1ccc2c(c1)CCCC2. The first kappa shape index (κ1) is 15.0. The summed E-state index contributed by atoms with van der Waals surface area (Å²) in [4.78, 5) is 11.9. The number of hydrogen-bond donors (Lipinski definition) is 2. The molecule has 1 aliphatic carbocycles. The lowest BCUT2D eigenvalue weighted by molar-refractivity contribution is -0.120. The van der Waals surface area contributed by atoms with E-state index in [2.05, 4.69) is 35.8 Å². The van der Waals surface area contributed by atoms with Crippen molar-refractivity contribution in [1.82, 2.24) is 10.6 Å². The Labute approximate surface area is 122 Å². The van der Waals surface area contributed by atoms with Crippen LogP contribution in [0.2, 0.25) is 0 Å². The van der Waals surface area contributed by atoms with Crippen molar-refractivity contribution >= 4 is 5.91 Å². The van der Waals surface area contributed by atoms with E-state index in [0.29, 0.717) is 13.0 Å². The maximum absolute atomic E-state index is 11.9. The molecule has 1 aromatic carbocycles. The Hall–Kier alpha value is -1.35. The number of carbonyl (C=O) groups is 1. The quantitative estimate of drug-likeness (QED) is 0.749. The van der Waals surface area contributed by atoms with Gasteiger partial charge >= 0.3 is 0 Å². The maximum Gasteiger partial charge on any atom is 0.224 e. The fraction of sp³-hybridized carbons (Fsp3) is 0.588. The van der Waals surface area contributed by atoms with Crippen molar-refractivity contribution in [2.75, 3.05) is 19.6 Å². The van der Waals surface area contributed by atoms with Crippen LogP contribution in [0.25, 0.3) is 0 Å². The van der Waals surface area contributed by atoms with Gasteiger partial charge in [-0.2, -0.15) is 0 Å². The second kappa shape index (κ2) is 8.05. The molecule has 3 nitrogen and oxygen atoms in total. The molecule has 1 amide bonds. The van der Waals surface area contributed by atoms with Gasteiger partial charge in [-0.25, -0.2) is 0 Å². The highest BCUT2D eigenvalue weighted by atomic mass is 16.1. The summed E-state index contributed by atoms with van der Waals surface area (Å²) in [5.41, 5.74) is 4.07. The van der Waals surface area contributed by atoms with Gasteiger partial charge in [-0.1, -0.05) is 25.1 Å². The Morgan fingerprint density at radius 1 is 1.10 bits per heavy atom. The minimum Gasteiger partial charge on any atom is -0.355 e. The third-order valence-corrected chi connectivity index (χ3v) is 3.83. The normalized spacial score (nSPS) is 13.8. The average molecular weight is 274 g/mol. The summed E-state index contributed by atoms with van der Waals surface area (Å²) in [5, 5.41) is 6.25. The van der Waals surface area contributed by atoms with Gasteiger partial charge in [-0.3, -0.25) is 4.79 Å². The predicted octanol–water partition coefficient (Wildman–Crippen LogP) is 2.22. The highest BCUT2D eigenvalue weighted by Gasteiger charge is 2.10. The van der Waals surface area contributed by atoms with Crippen molar-refractivity contribution in [3.8, 4) is 0 Å². The van der Waals surface area contributed by atoms with Gasteiger partial charge in [-0.15, -0.1) is 0 Å². The molecule has 2 rings (SSSR count). The molecule has 20 heavy (non-hydrogen) atoms. The Morgan fingerprint density at radius 3 is 2.70 bits per heavy atom. The molecule has 3 heteroatoms. The Balaban J connectivity index is 1.76. The van der Waals surface area contributed by atoms with Crippen molar-refractivity contribution in [2.24, 2.45) is 0 Å². The molecular formula is C17H26N2O. The van der Waals surface area contributed by atoms with Crippen molar-refractivity contribution in [2.45, 2.75) is 45.4 Å². The monoisotopic (exact) mass is 274 g/mol. The number of fused-ring (bicyclic) bond motifs is 1. The van der Waals surface area contributed by atoms with Crippen molar-refractivity contribution in [3.63, 3.8) is 0 Å². The molecular weight excluding hydrogens is 248 g/mol. The molecule has 0 saturated carbocycles. The predicted molar refractivity (Wildman–Crippen MR) is 83.0 cm³/mol. The lowest BCUT2D eigenvalue weighted by Crippen LogP contribution is -2.33. The van der Waals surface area contributed by atoms with Crippen molar-refractivity contribution in [3.05, 3.63) is 34.9 Å². The van der Waals surface area contributed by atoms with E-state index in [1.165, 1.54) is 36.8 Å². The first-order valence-electron chi connectivity index (χ1n) is 7.87. The van der Waals surface area contributed by atoms with Crippen LogP contribution >= 0.6 is 0 Å². The summed E-state index contributed by atoms with van der Waals surface area (Å²) < 4.78 is 0. The fourth-order valence-electron chi connectivity index (χ4n) is 2.74. The standard InChI is InChI=1S/C17H26N2O/c1-2-9-18-10-11-19-17(20)13-14-7-8-15-5-3-4-6-16(15)12-14/h7-8,12,18H,2-6,9-11,13H2,1H3,(H,19,20). The second-order valence-electron chi connectivity index (χ2n) is 5.59. The van der Waals surface area contributed by atoms with Gasteiger partial charge in [0.25, 0.3) is 0 Å². The van der Waals surface area contributed by atoms with Crippen LogP contribution in [-0.4, -0.2) is 25.5 Å². The smallest absolute Gasteiger partial charge is 0.224 e. The zero-order valence-corrected chi connectivity index (χ0v) is 12.5. The zero-order chi connectivity index (χ0) is 14.2. The second-order valence-corrected chi connectivity index (χ2v) is 5.59. The number of amides is 1. The van der Waals surface area contributed by atoms with Crippen LogP contribution < -0.4 is 10.6 Å². The van der Waals surface area contributed by atoms with E-state index < -0.39 is 0 Å². The van der Waals surface area contributed by atoms with E-state index in [1.54, 1.807) is 0 Å². The first-order valence-corrected chi connectivity index (χ1v) is 7.87. The Bertz CT molecular complexity index is 443. The summed E-state index contributed by atoms with van der Waals surface area (Å²) in [6.07, 6.45) is 6.59.